The molecule has 5 heavy (non-hydrogen) atoms. The molecular weight excluding hydrogens is 80.1 g/mol. The van der Waals surface area contributed by atoms with Gasteiger partial charge in [0.1, 0.15) is 0 Å². The van der Waals surface area contributed by atoms with Crippen molar-refractivity contribution in [2.45, 2.75) is 6.42 Å². The molecule has 26 valence electrons. The van der Waals surface area contributed by atoms with E-state index in [-0.39, 0.29) is 0 Å². The summed E-state index contributed by atoms with van der Waals surface area (Å²) in [5.74, 6) is 2.56. The summed E-state index contributed by atoms with van der Waals surface area (Å²) in [5.41, 5.74) is 0. The standard InChI is InChI=1S/C4H4S/c1-2-3-4-5/h1-2H2. The molecule has 0 bridgehead atoms. The minimum absolute atomic E-state index is 0.628. The smallest absolute Gasteiger partial charge is 0.0101 e. The van der Waals surface area contributed by atoms with Gasteiger partial charge in [0, 0.05) is 11.7 Å². The molecule has 0 saturated heterocycles. The molecule has 0 fully saturated rings. The Labute approximate surface area is 38.0 Å². The maximum Gasteiger partial charge on any atom is 0.0101 e. The zero-order chi connectivity index (χ0) is 4.12. The maximum absolute atomic E-state index is 4.25. The molecule has 0 aliphatic heterocycles. The molecule has 0 unspecified atom stereocenters. The van der Waals surface area contributed by atoms with Crippen molar-refractivity contribution in [2.24, 2.45) is 0 Å². The molecule has 0 aliphatic rings. The lowest BCUT2D eigenvalue weighted by molar-refractivity contribution is 1.49. The highest BCUT2D eigenvalue weighted by molar-refractivity contribution is 7.85. The normalized spacial score (nSPS) is 5.00. The van der Waals surface area contributed by atoms with E-state index < -0.39 is 0 Å². The highest BCUT2D eigenvalue weighted by Crippen LogP contribution is 1.66. The van der Waals surface area contributed by atoms with Crippen molar-refractivity contribution >= 4 is 12.6 Å². The van der Waals surface area contributed by atoms with Crippen molar-refractivity contribution in [2.75, 3.05) is 0 Å². The minimum Gasteiger partial charge on any atom is -0.0865 e. The summed E-state index contributed by atoms with van der Waals surface area (Å²) in [7, 11) is 0. The minimum atomic E-state index is 0.628. The van der Waals surface area contributed by atoms with Crippen LogP contribution in [0.5, 0.6) is 0 Å². The first-order valence-electron chi connectivity index (χ1n) is 1.31. The van der Waals surface area contributed by atoms with Gasteiger partial charge in [-0.05, 0) is 19.6 Å². The Kier molecular flexibility index (Phi) is 3.61. The summed E-state index contributed by atoms with van der Waals surface area (Å²) in [6.07, 6.45) is 0.628. The Morgan fingerprint density at radius 3 is 2.40 bits per heavy atom. The molecule has 0 spiro atoms. The van der Waals surface area contributed by atoms with Crippen LogP contribution in [0.25, 0.3) is 0 Å². The third-order valence-corrected chi connectivity index (χ3v) is 0.342. The van der Waals surface area contributed by atoms with Gasteiger partial charge in [0.2, 0.25) is 0 Å². The van der Waals surface area contributed by atoms with Crippen molar-refractivity contribution in [3.05, 3.63) is 6.92 Å². The summed E-state index contributed by atoms with van der Waals surface area (Å²) in [6.45, 7) is 3.44. The van der Waals surface area contributed by atoms with Crippen LogP contribution in [0, 0.1) is 18.1 Å². The third kappa shape index (κ3) is 3.78. The average molecular weight is 84.1 g/mol. The van der Waals surface area contributed by atoms with Crippen LogP contribution in [-0.4, -0.2) is 0 Å². The molecule has 0 heterocycles. The first kappa shape index (κ1) is 4.78. The molecule has 0 aromatic rings. The van der Waals surface area contributed by atoms with Gasteiger partial charge in [-0.15, -0.1) is 0 Å². The Morgan fingerprint density at radius 2 is 2.40 bits per heavy atom. The first-order valence-corrected chi connectivity index (χ1v) is 1.72. The van der Waals surface area contributed by atoms with Crippen LogP contribution in [0.4, 0.5) is 0 Å². The van der Waals surface area contributed by atoms with Crippen LogP contribution in [0.2, 0.25) is 0 Å². The molecule has 0 saturated carbocycles. The summed E-state index contributed by atoms with van der Waals surface area (Å²) in [5, 5.41) is 2.29. The van der Waals surface area contributed by atoms with Crippen LogP contribution in [0.3, 0.4) is 0 Å². The molecule has 0 nitrogen and oxygen atoms in total. The fourth-order valence-electron chi connectivity index (χ4n) is 0.0510. The molecule has 0 amide bonds. The zero-order valence-corrected chi connectivity index (χ0v) is 3.64. The SMILES string of the molecule is [CH2]CC#C[S]. The quantitative estimate of drug-likeness (QED) is 0.389. The molecule has 0 rings (SSSR count). The van der Waals surface area contributed by atoms with E-state index in [0.29, 0.717) is 6.42 Å². The summed E-state index contributed by atoms with van der Waals surface area (Å²) >= 11 is 4.25. The van der Waals surface area contributed by atoms with Crippen molar-refractivity contribution < 1.29 is 0 Å². The van der Waals surface area contributed by atoms with E-state index in [1.54, 1.807) is 0 Å². The van der Waals surface area contributed by atoms with E-state index in [9.17, 15) is 0 Å². The molecule has 1 heteroatoms. The monoisotopic (exact) mass is 84.0 g/mol. The zero-order valence-electron chi connectivity index (χ0n) is 2.82. The van der Waals surface area contributed by atoms with E-state index in [2.05, 4.69) is 30.7 Å². The van der Waals surface area contributed by atoms with Gasteiger partial charge in [-0.25, -0.2) is 0 Å². The molecule has 2 radical (unpaired) electrons. The Bertz CT molecular complexity index is 55.8. The van der Waals surface area contributed by atoms with E-state index in [0.717, 1.165) is 0 Å². The van der Waals surface area contributed by atoms with Crippen LogP contribution in [-0.2, 0) is 0 Å². The lowest BCUT2D eigenvalue weighted by atomic mass is 10.5. The van der Waals surface area contributed by atoms with E-state index >= 15 is 0 Å². The van der Waals surface area contributed by atoms with Crippen molar-refractivity contribution in [1.29, 1.82) is 0 Å². The molecule has 0 aromatic carbocycles. The third-order valence-electron chi connectivity index (χ3n) is 0.197. The molecule has 0 atom stereocenters. The fourth-order valence-corrected chi connectivity index (χ4v) is 0.153. The fraction of sp³-hybridized carbons (Fsp3) is 0.250. The van der Waals surface area contributed by atoms with Crippen LogP contribution < -0.4 is 0 Å². The van der Waals surface area contributed by atoms with Crippen molar-refractivity contribution in [3.63, 3.8) is 0 Å². The predicted octanol–water partition coefficient (Wildman–Crippen LogP) is 1.37. The first-order chi connectivity index (χ1) is 2.41. The van der Waals surface area contributed by atoms with Gasteiger partial charge in [-0.2, -0.15) is 0 Å². The molecular formula is C4H4S. The van der Waals surface area contributed by atoms with E-state index in [1.165, 1.54) is 0 Å². The predicted molar refractivity (Wildman–Crippen MR) is 25.3 cm³/mol. The Balaban J connectivity index is 2.81. The topological polar surface area (TPSA) is 0 Å². The lowest BCUT2D eigenvalue weighted by Crippen LogP contribution is -1.43. The van der Waals surface area contributed by atoms with Gasteiger partial charge in [0.25, 0.3) is 0 Å². The summed E-state index contributed by atoms with van der Waals surface area (Å²) in [4.78, 5) is 0. The molecule has 0 aliphatic carbocycles. The van der Waals surface area contributed by atoms with Gasteiger partial charge < -0.3 is 0 Å². The number of rotatable bonds is 0. The van der Waals surface area contributed by atoms with Gasteiger partial charge >= 0.3 is 0 Å². The number of hydrogen-bond donors (Lipinski definition) is 0. The van der Waals surface area contributed by atoms with Gasteiger partial charge in [0.15, 0.2) is 0 Å². The molecule has 0 N–H and O–H groups in total. The van der Waals surface area contributed by atoms with Crippen LogP contribution >= 0.6 is 12.6 Å². The van der Waals surface area contributed by atoms with E-state index in [1.807, 2.05) is 0 Å². The van der Waals surface area contributed by atoms with E-state index in [4.69, 9.17) is 0 Å². The second-order valence-corrected chi connectivity index (χ2v) is 0.733. The van der Waals surface area contributed by atoms with Crippen LogP contribution in [0.1, 0.15) is 6.42 Å². The van der Waals surface area contributed by atoms with Gasteiger partial charge in [-0.3, -0.25) is 0 Å². The van der Waals surface area contributed by atoms with Crippen LogP contribution in [0.15, 0.2) is 0 Å². The lowest BCUT2D eigenvalue weighted by Gasteiger charge is -1.56. The van der Waals surface area contributed by atoms with Crippen molar-refractivity contribution in [3.8, 4) is 11.2 Å². The molecule has 0 aromatic heterocycles. The summed E-state index contributed by atoms with van der Waals surface area (Å²) in [6, 6.07) is 0. The van der Waals surface area contributed by atoms with Gasteiger partial charge in [0.05, 0.1) is 0 Å². The number of hydrogen-bond acceptors (Lipinski definition) is 0. The Morgan fingerprint density at radius 1 is 1.80 bits per heavy atom. The van der Waals surface area contributed by atoms with Crippen molar-refractivity contribution in [1.82, 2.24) is 0 Å². The second-order valence-electron chi connectivity index (χ2n) is 0.529. The van der Waals surface area contributed by atoms with Gasteiger partial charge in [-0.1, -0.05) is 5.92 Å². The largest absolute Gasteiger partial charge is 0.0865 e. The average Bonchev–Trinajstić information content (AvgIpc) is 1.41. The highest BCUT2D eigenvalue weighted by atomic mass is 32.1. The summed E-state index contributed by atoms with van der Waals surface area (Å²) < 4.78 is 0. The second kappa shape index (κ2) is 3.78. The Hall–Kier alpha value is -0.220. The highest BCUT2D eigenvalue weighted by Gasteiger charge is 1.50. The maximum atomic E-state index is 4.25.